The lowest BCUT2D eigenvalue weighted by atomic mass is 10.0. The Kier molecular flexibility index (Phi) is 7.41. The van der Waals surface area contributed by atoms with Gasteiger partial charge in [0.15, 0.2) is 0 Å². The van der Waals surface area contributed by atoms with Crippen molar-refractivity contribution in [2.24, 2.45) is 5.92 Å². The molecule has 1 fully saturated rings. The molecule has 1 aliphatic rings. The van der Waals surface area contributed by atoms with Crippen LogP contribution in [0.4, 0.5) is 13.2 Å². The molecule has 7 nitrogen and oxygen atoms in total. The van der Waals surface area contributed by atoms with Crippen molar-refractivity contribution in [3.8, 4) is 0 Å². The Balaban J connectivity index is 2.16. The lowest BCUT2D eigenvalue weighted by Gasteiger charge is -2.36. The molecule has 0 aliphatic carbocycles. The third-order valence-corrected chi connectivity index (χ3v) is 6.95. The van der Waals surface area contributed by atoms with Crippen molar-refractivity contribution in [1.82, 2.24) is 14.5 Å². The SMILES string of the molecule is CC(=O)N[C@@H](C(=O)N1CCN(S(=O)(=O)c2ccc(Cl)c(C(F)(F)F)c2)CC1)C(C)C. The van der Waals surface area contributed by atoms with Crippen LogP contribution in [-0.2, 0) is 25.8 Å². The molecule has 0 bridgehead atoms. The van der Waals surface area contributed by atoms with Crippen LogP contribution in [0, 0.1) is 5.92 Å². The number of halogens is 4. The van der Waals surface area contributed by atoms with Gasteiger partial charge in [-0.1, -0.05) is 25.4 Å². The van der Waals surface area contributed by atoms with Gasteiger partial charge in [0.25, 0.3) is 0 Å². The predicted octanol–water partition coefficient (Wildman–Crippen LogP) is 2.35. The van der Waals surface area contributed by atoms with Crippen LogP contribution in [-0.4, -0.2) is 61.7 Å². The number of hydrogen-bond donors (Lipinski definition) is 1. The third-order valence-electron chi connectivity index (χ3n) is 4.72. The number of benzene rings is 1. The number of piperazine rings is 1. The number of amides is 2. The zero-order valence-corrected chi connectivity index (χ0v) is 18.2. The Labute approximate surface area is 178 Å². The first-order valence-corrected chi connectivity index (χ1v) is 11.0. The van der Waals surface area contributed by atoms with E-state index in [9.17, 15) is 31.2 Å². The first-order valence-electron chi connectivity index (χ1n) is 9.18. The fourth-order valence-corrected chi connectivity index (χ4v) is 4.78. The lowest BCUT2D eigenvalue weighted by Crippen LogP contribution is -2.56. The van der Waals surface area contributed by atoms with Crippen LogP contribution in [0.3, 0.4) is 0 Å². The molecule has 1 aliphatic heterocycles. The molecular weight excluding hydrogens is 447 g/mol. The van der Waals surface area contributed by atoms with Crippen molar-refractivity contribution in [1.29, 1.82) is 0 Å². The van der Waals surface area contributed by atoms with Crippen LogP contribution in [0.1, 0.15) is 26.3 Å². The Morgan fingerprint density at radius 3 is 2.17 bits per heavy atom. The lowest BCUT2D eigenvalue weighted by molar-refractivity contribution is -0.138. The summed E-state index contributed by atoms with van der Waals surface area (Å²) in [6, 6.07) is 1.70. The van der Waals surface area contributed by atoms with Gasteiger partial charge in [-0.3, -0.25) is 9.59 Å². The van der Waals surface area contributed by atoms with Gasteiger partial charge in [-0.15, -0.1) is 0 Å². The second-order valence-electron chi connectivity index (χ2n) is 7.29. The van der Waals surface area contributed by atoms with Gasteiger partial charge in [0.05, 0.1) is 15.5 Å². The van der Waals surface area contributed by atoms with Crippen LogP contribution in [0.5, 0.6) is 0 Å². The van der Waals surface area contributed by atoms with Crippen molar-refractivity contribution in [2.75, 3.05) is 26.2 Å². The van der Waals surface area contributed by atoms with Crippen molar-refractivity contribution in [3.63, 3.8) is 0 Å². The molecule has 0 aromatic heterocycles. The van der Waals surface area contributed by atoms with E-state index in [1.807, 2.05) is 0 Å². The second kappa shape index (κ2) is 9.11. The number of sulfonamides is 1. The van der Waals surface area contributed by atoms with Crippen LogP contribution in [0.15, 0.2) is 23.1 Å². The average Bonchev–Trinajstić information content (AvgIpc) is 2.64. The molecule has 1 saturated heterocycles. The summed E-state index contributed by atoms with van der Waals surface area (Å²) in [7, 11) is -4.20. The maximum Gasteiger partial charge on any atom is 0.417 e. The quantitative estimate of drug-likeness (QED) is 0.717. The molecule has 1 atom stereocenters. The maximum absolute atomic E-state index is 13.1. The highest BCUT2D eigenvalue weighted by molar-refractivity contribution is 7.89. The van der Waals surface area contributed by atoms with Crippen LogP contribution in [0.25, 0.3) is 0 Å². The normalized spacial score (nSPS) is 17.1. The first kappa shape index (κ1) is 24.4. The molecule has 1 aromatic rings. The molecular formula is C18H23ClF3N3O4S. The molecule has 1 N–H and O–H groups in total. The van der Waals surface area contributed by atoms with Gasteiger partial charge in [-0.05, 0) is 24.1 Å². The summed E-state index contributed by atoms with van der Waals surface area (Å²) < 4.78 is 65.8. The molecule has 1 heterocycles. The smallest absolute Gasteiger partial charge is 0.344 e. The largest absolute Gasteiger partial charge is 0.417 e. The first-order chi connectivity index (χ1) is 13.7. The molecule has 0 spiro atoms. The van der Waals surface area contributed by atoms with E-state index in [0.29, 0.717) is 6.07 Å². The van der Waals surface area contributed by atoms with Crippen molar-refractivity contribution in [2.45, 2.75) is 37.9 Å². The molecule has 0 unspecified atom stereocenters. The topological polar surface area (TPSA) is 86.8 Å². The van der Waals surface area contributed by atoms with Crippen molar-refractivity contribution in [3.05, 3.63) is 28.8 Å². The summed E-state index contributed by atoms with van der Waals surface area (Å²) in [4.78, 5) is 25.0. The van der Waals surface area contributed by atoms with E-state index in [2.05, 4.69) is 5.32 Å². The minimum atomic E-state index is -4.79. The number of nitrogens with zero attached hydrogens (tertiary/aromatic N) is 2. The number of hydrogen-bond acceptors (Lipinski definition) is 4. The molecule has 168 valence electrons. The maximum atomic E-state index is 13.1. The van der Waals surface area contributed by atoms with Gasteiger partial charge in [0, 0.05) is 33.1 Å². The van der Waals surface area contributed by atoms with Crippen molar-refractivity contribution < 1.29 is 31.2 Å². The van der Waals surface area contributed by atoms with Gasteiger partial charge in [0.2, 0.25) is 21.8 Å². The Morgan fingerprint density at radius 1 is 1.13 bits per heavy atom. The standard InChI is InChI=1S/C18H23ClF3N3O4S/c1-11(2)16(23-12(3)26)17(27)24-6-8-25(9-7-24)30(28,29)13-4-5-15(19)14(10-13)18(20,21)22/h4-5,10-11,16H,6-9H2,1-3H3,(H,23,26)/t16-/m1/s1. The van der Waals surface area contributed by atoms with Crippen LogP contribution < -0.4 is 5.32 Å². The number of alkyl halides is 3. The van der Waals surface area contributed by atoms with Crippen LogP contribution >= 0.6 is 11.6 Å². The highest BCUT2D eigenvalue weighted by atomic mass is 35.5. The van der Waals surface area contributed by atoms with E-state index < -0.39 is 37.7 Å². The number of carbonyl (C=O) groups excluding carboxylic acids is 2. The summed E-state index contributed by atoms with van der Waals surface area (Å²) in [5, 5.41) is 2.00. The molecule has 2 amide bonds. The van der Waals surface area contributed by atoms with E-state index in [4.69, 9.17) is 11.6 Å². The zero-order chi connectivity index (χ0) is 22.9. The van der Waals surface area contributed by atoms with Gasteiger partial charge in [-0.25, -0.2) is 8.42 Å². The number of carbonyl (C=O) groups is 2. The second-order valence-corrected chi connectivity index (χ2v) is 9.64. The van der Waals surface area contributed by atoms with E-state index in [0.717, 1.165) is 16.4 Å². The summed E-state index contributed by atoms with van der Waals surface area (Å²) >= 11 is 5.56. The fourth-order valence-electron chi connectivity index (χ4n) is 3.11. The molecule has 2 rings (SSSR count). The molecule has 12 heteroatoms. The third kappa shape index (κ3) is 5.44. The Morgan fingerprint density at radius 2 is 1.70 bits per heavy atom. The highest BCUT2D eigenvalue weighted by Crippen LogP contribution is 2.36. The Bertz CT molecular complexity index is 914. The number of rotatable bonds is 5. The van der Waals surface area contributed by atoms with Crippen molar-refractivity contribution >= 4 is 33.4 Å². The summed E-state index contributed by atoms with van der Waals surface area (Å²) in [5.74, 6) is -0.854. The van der Waals surface area contributed by atoms with E-state index in [1.54, 1.807) is 13.8 Å². The average molecular weight is 470 g/mol. The van der Waals surface area contributed by atoms with Gasteiger partial charge in [-0.2, -0.15) is 17.5 Å². The fraction of sp³-hybridized carbons (Fsp3) is 0.556. The minimum absolute atomic E-state index is 0.0561. The monoisotopic (exact) mass is 469 g/mol. The predicted molar refractivity (Wildman–Crippen MR) is 104 cm³/mol. The highest BCUT2D eigenvalue weighted by Gasteiger charge is 2.37. The summed E-state index contributed by atoms with van der Waals surface area (Å²) in [6.45, 7) is 4.80. The van der Waals surface area contributed by atoms with Gasteiger partial charge < -0.3 is 10.2 Å². The number of nitrogens with one attached hydrogen (secondary N) is 1. The molecule has 30 heavy (non-hydrogen) atoms. The van der Waals surface area contributed by atoms with E-state index in [1.165, 1.54) is 11.8 Å². The Hall–Kier alpha value is -1.85. The van der Waals surface area contributed by atoms with E-state index >= 15 is 0 Å². The zero-order valence-electron chi connectivity index (χ0n) is 16.7. The molecule has 0 saturated carbocycles. The van der Waals surface area contributed by atoms with Gasteiger partial charge >= 0.3 is 6.18 Å². The minimum Gasteiger partial charge on any atom is -0.344 e. The summed E-state index contributed by atoms with van der Waals surface area (Å²) in [5.41, 5.74) is -1.23. The van der Waals surface area contributed by atoms with E-state index in [-0.39, 0.29) is 43.9 Å². The summed E-state index contributed by atoms with van der Waals surface area (Å²) in [6.07, 6.45) is -4.79. The molecule has 1 aromatic carbocycles. The molecule has 0 radical (unpaired) electrons. The van der Waals surface area contributed by atoms with Crippen LogP contribution in [0.2, 0.25) is 5.02 Å². The van der Waals surface area contributed by atoms with Gasteiger partial charge in [0.1, 0.15) is 6.04 Å².